The van der Waals surface area contributed by atoms with Gasteiger partial charge in [0, 0.05) is 18.8 Å². The normalized spacial score (nSPS) is 12.0. The van der Waals surface area contributed by atoms with Gasteiger partial charge in [-0.25, -0.2) is 4.98 Å². The molecule has 0 fully saturated rings. The summed E-state index contributed by atoms with van der Waals surface area (Å²) >= 11 is 0. The van der Waals surface area contributed by atoms with Gasteiger partial charge < -0.3 is 14.6 Å². The van der Waals surface area contributed by atoms with Gasteiger partial charge in [-0.2, -0.15) is 4.98 Å². The van der Waals surface area contributed by atoms with Gasteiger partial charge in [0.05, 0.1) is 5.56 Å². The number of anilines is 1. The molecule has 0 saturated carbocycles. The third-order valence-electron chi connectivity index (χ3n) is 4.85. The molecule has 6 heteroatoms. The second-order valence-electron chi connectivity index (χ2n) is 7.24. The zero-order valence-corrected chi connectivity index (χ0v) is 17.2. The molecule has 0 amide bonds. The summed E-state index contributed by atoms with van der Waals surface area (Å²) in [6, 6.07) is 21.7. The van der Waals surface area contributed by atoms with Crippen molar-refractivity contribution < 1.29 is 9.26 Å². The number of ether oxygens (including phenoxy) is 1. The van der Waals surface area contributed by atoms with E-state index in [1.807, 2.05) is 61.6 Å². The van der Waals surface area contributed by atoms with E-state index in [4.69, 9.17) is 9.26 Å². The topological polar surface area (TPSA) is 73.1 Å². The molecular weight excluding hydrogens is 376 g/mol. The van der Waals surface area contributed by atoms with Gasteiger partial charge >= 0.3 is 0 Å². The minimum atomic E-state index is -0.521. The van der Waals surface area contributed by atoms with Gasteiger partial charge in [-0.05, 0) is 35.7 Å². The number of pyridine rings is 1. The number of nitrogens with one attached hydrogen (secondary N) is 1. The van der Waals surface area contributed by atoms with Crippen LogP contribution in [-0.4, -0.2) is 22.2 Å². The zero-order chi connectivity index (χ0) is 20.9. The average molecular weight is 400 g/mol. The predicted octanol–water partition coefficient (Wildman–Crippen LogP) is 5.47. The number of rotatable bonds is 7. The van der Waals surface area contributed by atoms with Crippen LogP contribution in [0.15, 0.2) is 77.4 Å². The molecule has 0 aliphatic heterocycles. The minimum Gasteiger partial charge on any atom is -0.476 e. The minimum absolute atomic E-state index is 0.384. The molecule has 0 aliphatic carbocycles. The maximum Gasteiger partial charge on any atom is 0.272 e. The van der Waals surface area contributed by atoms with Gasteiger partial charge in [0.25, 0.3) is 5.89 Å². The first-order valence-corrected chi connectivity index (χ1v) is 9.94. The third kappa shape index (κ3) is 4.17. The molecule has 1 N–H and O–H groups in total. The Morgan fingerprint density at radius 1 is 0.900 bits per heavy atom. The number of benzene rings is 2. The van der Waals surface area contributed by atoms with Crippen LogP contribution < -0.4 is 10.1 Å². The van der Waals surface area contributed by atoms with Crippen molar-refractivity contribution in [2.75, 3.05) is 12.4 Å². The molecule has 152 valence electrons. The van der Waals surface area contributed by atoms with E-state index in [1.54, 1.807) is 6.20 Å². The highest BCUT2D eigenvalue weighted by Gasteiger charge is 2.24. The fourth-order valence-electron chi connectivity index (χ4n) is 3.19. The van der Waals surface area contributed by atoms with Crippen molar-refractivity contribution in [1.82, 2.24) is 15.1 Å². The second kappa shape index (κ2) is 8.78. The quantitative estimate of drug-likeness (QED) is 0.444. The SMILES string of the molecule is CNc1ncccc1-c1noc(C(Oc2ccc(C(C)C)cc2)c2ccccc2)n1. The van der Waals surface area contributed by atoms with Crippen LogP contribution in [-0.2, 0) is 0 Å². The standard InChI is InChI=1S/C24H24N4O2/c1-16(2)17-11-13-19(14-12-17)29-21(18-8-5-4-6-9-18)24-27-23(28-30-24)20-10-7-15-26-22(20)25-3/h4-16,21H,1-3H3,(H,25,26). The van der Waals surface area contributed by atoms with E-state index in [-0.39, 0.29) is 0 Å². The number of hydrogen-bond donors (Lipinski definition) is 1. The molecule has 0 saturated heterocycles. The van der Waals surface area contributed by atoms with Crippen molar-refractivity contribution >= 4 is 5.82 Å². The molecule has 30 heavy (non-hydrogen) atoms. The monoisotopic (exact) mass is 400 g/mol. The molecule has 1 atom stereocenters. The van der Waals surface area contributed by atoms with E-state index in [2.05, 4.69) is 46.4 Å². The predicted molar refractivity (Wildman–Crippen MR) is 117 cm³/mol. The lowest BCUT2D eigenvalue weighted by Crippen LogP contribution is -2.10. The van der Waals surface area contributed by atoms with E-state index in [1.165, 1.54) is 5.56 Å². The molecule has 0 bridgehead atoms. The summed E-state index contributed by atoms with van der Waals surface area (Å²) in [4.78, 5) is 8.94. The Morgan fingerprint density at radius 2 is 1.67 bits per heavy atom. The van der Waals surface area contributed by atoms with E-state index < -0.39 is 6.10 Å². The van der Waals surface area contributed by atoms with Crippen LogP contribution in [0.4, 0.5) is 5.82 Å². The van der Waals surface area contributed by atoms with Crippen molar-refractivity contribution in [3.05, 3.63) is 89.9 Å². The summed E-state index contributed by atoms with van der Waals surface area (Å²) in [5, 5.41) is 7.23. The fraction of sp³-hybridized carbons (Fsp3) is 0.208. The van der Waals surface area contributed by atoms with Crippen LogP contribution in [0.2, 0.25) is 0 Å². The molecule has 4 aromatic rings. The molecule has 0 aliphatic rings. The molecular formula is C24H24N4O2. The molecule has 6 nitrogen and oxygen atoms in total. The van der Waals surface area contributed by atoms with E-state index in [0.717, 1.165) is 16.9 Å². The first-order valence-electron chi connectivity index (χ1n) is 9.94. The molecule has 0 spiro atoms. The summed E-state index contributed by atoms with van der Waals surface area (Å²) in [5.74, 6) is 2.73. The smallest absolute Gasteiger partial charge is 0.272 e. The number of aromatic nitrogens is 3. The van der Waals surface area contributed by atoms with Crippen molar-refractivity contribution in [2.45, 2.75) is 25.9 Å². The van der Waals surface area contributed by atoms with Gasteiger partial charge in [0.2, 0.25) is 11.9 Å². The lowest BCUT2D eigenvalue weighted by atomic mass is 10.0. The Hall–Kier alpha value is -3.67. The van der Waals surface area contributed by atoms with Crippen molar-refractivity contribution in [2.24, 2.45) is 0 Å². The zero-order valence-electron chi connectivity index (χ0n) is 17.2. The lowest BCUT2D eigenvalue weighted by Gasteiger charge is -2.16. The van der Waals surface area contributed by atoms with Crippen LogP contribution in [0.25, 0.3) is 11.4 Å². The van der Waals surface area contributed by atoms with Crippen molar-refractivity contribution in [1.29, 1.82) is 0 Å². The Bertz CT molecular complexity index is 1090. The van der Waals surface area contributed by atoms with Crippen molar-refractivity contribution in [3.8, 4) is 17.1 Å². The summed E-state index contributed by atoms with van der Waals surface area (Å²) in [5.41, 5.74) is 2.96. The molecule has 2 heterocycles. The highest BCUT2D eigenvalue weighted by molar-refractivity contribution is 5.69. The highest BCUT2D eigenvalue weighted by atomic mass is 16.5. The maximum atomic E-state index is 6.30. The molecule has 0 radical (unpaired) electrons. The van der Waals surface area contributed by atoms with Crippen LogP contribution in [0.1, 0.15) is 42.9 Å². The molecule has 4 rings (SSSR count). The van der Waals surface area contributed by atoms with Crippen LogP contribution in [0, 0.1) is 0 Å². The second-order valence-corrected chi connectivity index (χ2v) is 7.24. The van der Waals surface area contributed by atoms with E-state index >= 15 is 0 Å². The Labute approximate surface area is 175 Å². The first kappa shape index (κ1) is 19.6. The molecule has 2 aromatic heterocycles. The Morgan fingerprint density at radius 3 is 2.37 bits per heavy atom. The van der Waals surface area contributed by atoms with Crippen LogP contribution in [0.5, 0.6) is 5.75 Å². The average Bonchev–Trinajstić information content (AvgIpc) is 3.28. The summed E-state index contributed by atoms with van der Waals surface area (Å²) in [6.45, 7) is 4.33. The fourth-order valence-corrected chi connectivity index (χ4v) is 3.19. The van der Waals surface area contributed by atoms with Gasteiger partial charge in [0.1, 0.15) is 11.6 Å². The largest absolute Gasteiger partial charge is 0.476 e. The lowest BCUT2D eigenvalue weighted by molar-refractivity contribution is 0.193. The van der Waals surface area contributed by atoms with Crippen molar-refractivity contribution in [3.63, 3.8) is 0 Å². The number of nitrogens with zero attached hydrogens (tertiary/aromatic N) is 3. The van der Waals surface area contributed by atoms with Gasteiger partial charge in [-0.15, -0.1) is 0 Å². The van der Waals surface area contributed by atoms with Gasteiger partial charge in [0.15, 0.2) is 0 Å². The number of hydrogen-bond acceptors (Lipinski definition) is 6. The summed E-state index contributed by atoms with van der Waals surface area (Å²) in [6.07, 6.45) is 1.19. The third-order valence-corrected chi connectivity index (χ3v) is 4.85. The Kier molecular flexibility index (Phi) is 5.75. The summed E-state index contributed by atoms with van der Waals surface area (Å²) in [7, 11) is 1.81. The van der Waals surface area contributed by atoms with Gasteiger partial charge in [-0.3, -0.25) is 0 Å². The molecule has 1 unspecified atom stereocenters. The van der Waals surface area contributed by atoms with E-state index in [9.17, 15) is 0 Å². The van der Waals surface area contributed by atoms with Crippen LogP contribution in [0.3, 0.4) is 0 Å². The maximum absolute atomic E-state index is 6.30. The Balaban J connectivity index is 1.68. The van der Waals surface area contributed by atoms with Gasteiger partial charge in [-0.1, -0.05) is 61.5 Å². The van der Waals surface area contributed by atoms with E-state index in [0.29, 0.717) is 23.5 Å². The molecule has 2 aromatic carbocycles. The highest BCUT2D eigenvalue weighted by Crippen LogP contribution is 2.31. The summed E-state index contributed by atoms with van der Waals surface area (Å²) < 4.78 is 11.9. The first-order chi connectivity index (χ1) is 14.7. The van der Waals surface area contributed by atoms with Crippen LogP contribution >= 0.6 is 0 Å².